The Labute approximate surface area is 84.2 Å². The van der Waals surface area contributed by atoms with Gasteiger partial charge in [0.2, 0.25) is 0 Å². The lowest BCUT2D eigenvalue weighted by Crippen LogP contribution is -2.46. The lowest BCUT2D eigenvalue weighted by Gasteiger charge is -2.29. The summed E-state index contributed by atoms with van der Waals surface area (Å²) in [6, 6.07) is 0. The summed E-state index contributed by atoms with van der Waals surface area (Å²) < 4.78 is 10.1. The lowest BCUT2D eigenvalue weighted by atomic mass is 9.84. The van der Waals surface area contributed by atoms with Crippen molar-refractivity contribution >= 4 is 5.97 Å². The topological polar surface area (TPSA) is 55.8 Å². The third-order valence-corrected chi connectivity index (χ3v) is 2.79. The zero-order valence-corrected chi connectivity index (χ0v) is 8.95. The minimum atomic E-state index is -1.42. The van der Waals surface area contributed by atoms with Gasteiger partial charge in [0.15, 0.2) is 5.60 Å². The van der Waals surface area contributed by atoms with Crippen molar-refractivity contribution in [3.8, 4) is 0 Å². The molecule has 4 heteroatoms. The smallest absolute Gasteiger partial charge is 0.338 e. The molecule has 0 radical (unpaired) electrons. The van der Waals surface area contributed by atoms with Crippen LogP contribution in [0.2, 0.25) is 0 Å². The highest BCUT2D eigenvalue weighted by molar-refractivity contribution is 5.79. The zero-order valence-electron chi connectivity index (χ0n) is 8.95. The van der Waals surface area contributed by atoms with E-state index in [-0.39, 0.29) is 18.6 Å². The predicted molar refractivity (Wildman–Crippen MR) is 50.8 cm³/mol. The van der Waals surface area contributed by atoms with Gasteiger partial charge in [0.1, 0.15) is 0 Å². The maximum Gasteiger partial charge on any atom is 0.338 e. The molecule has 14 heavy (non-hydrogen) atoms. The Morgan fingerprint density at radius 1 is 1.71 bits per heavy atom. The molecule has 1 rings (SSSR count). The first-order valence-electron chi connectivity index (χ1n) is 5.01. The van der Waals surface area contributed by atoms with E-state index >= 15 is 0 Å². The average molecular weight is 202 g/mol. The van der Waals surface area contributed by atoms with Crippen molar-refractivity contribution in [3.05, 3.63) is 0 Å². The van der Waals surface area contributed by atoms with Crippen LogP contribution in [-0.4, -0.2) is 36.0 Å². The first kappa shape index (κ1) is 11.5. The van der Waals surface area contributed by atoms with Crippen molar-refractivity contribution in [2.75, 3.05) is 13.2 Å². The molecule has 1 saturated heterocycles. The molecule has 0 saturated carbocycles. The highest BCUT2D eigenvalue weighted by atomic mass is 16.6. The summed E-state index contributed by atoms with van der Waals surface area (Å²) in [4.78, 5) is 11.5. The number of aliphatic hydroxyl groups is 1. The number of rotatable bonds is 3. The second-order valence-corrected chi connectivity index (χ2v) is 3.84. The van der Waals surface area contributed by atoms with Gasteiger partial charge in [-0.05, 0) is 27.2 Å². The van der Waals surface area contributed by atoms with Gasteiger partial charge in [-0.2, -0.15) is 0 Å². The van der Waals surface area contributed by atoms with E-state index in [1.807, 2.05) is 6.92 Å². The SMILES string of the molecule is CCOC(=O)C(C)(O)C1CCOC1C. The number of esters is 1. The van der Waals surface area contributed by atoms with Gasteiger partial charge in [-0.15, -0.1) is 0 Å². The molecule has 82 valence electrons. The molecule has 4 nitrogen and oxygen atoms in total. The Kier molecular flexibility index (Phi) is 3.50. The van der Waals surface area contributed by atoms with E-state index in [1.54, 1.807) is 6.92 Å². The third kappa shape index (κ3) is 2.07. The van der Waals surface area contributed by atoms with Crippen molar-refractivity contribution in [1.29, 1.82) is 0 Å². The van der Waals surface area contributed by atoms with Gasteiger partial charge in [-0.25, -0.2) is 4.79 Å². The van der Waals surface area contributed by atoms with Gasteiger partial charge in [-0.3, -0.25) is 0 Å². The van der Waals surface area contributed by atoms with E-state index in [9.17, 15) is 9.90 Å². The van der Waals surface area contributed by atoms with E-state index in [1.165, 1.54) is 6.92 Å². The minimum absolute atomic E-state index is 0.0885. The number of hydrogen-bond acceptors (Lipinski definition) is 4. The fourth-order valence-electron chi connectivity index (χ4n) is 1.90. The number of carbonyl (C=O) groups is 1. The van der Waals surface area contributed by atoms with Crippen molar-refractivity contribution in [3.63, 3.8) is 0 Å². The zero-order chi connectivity index (χ0) is 10.8. The molecule has 3 atom stereocenters. The van der Waals surface area contributed by atoms with Crippen molar-refractivity contribution in [2.24, 2.45) is 5.92 Å². The van der Waals surface area contributed by atoms with Gasteiger partial charge in [0, 0.05) is 12.5 Å². The van der Waals surface area contributed by atoms with Crippen LogP contribution < -0.4 is 0 Å². The summed E-state index contributed by atoms with van der Waals surface area (Å²) in [6.45, 7) is 5.98. The van der Waals surface area contributed by atoms with E-state index in [0.29, 0.717) is 13.0 Å². The maximum atomic E-state index is 11.5. The molecule has 1 N–H and O–H groups in total. The van der Waals surface area contributed by atoms with Crippen LogP contribution in [0.1, 0.15) is 27.2 Å². The average Bonchev–Trinajstić information content (AvgIpc) is 2.52. The van der Waals surface area contributed by atoms with Crippen LogP contribution in [0.4, 0.5) is 0 Å². The maximum absolute atomic E-state index is 11.5. The van der Waals surface area contributed by atoms with E-state index in [2.05, 4.69) is 0 Å². The molecule has 0 aromatic carbocycles. The summed E-state index contributed by atoms with van der Waals surface area (Å²) in [5.74, 6) is -0.719. The standard InChI is InChI=1S/C10H18O4/c1-4-13-9(11)10(3,12)8-5-6-14-7(8)2/h7-8,12H,4-6H2,1-3H3. The van der Waals surface area contributed by atoms with Gasteiger partial charge >= 0.3 is 5.97 Å². The number of hydrogen-bond donors (Lipinski definition) is 1. The van der Waals surface area contributed by atoms with Crippen LogP contribution in [0.5, 0.6) is 0 Å². The Balaban J connectivity index is 2.67. The molecule has 1 heterocycles. The molecular formula is C10H18O4. The molecule has 3 unspecified atom stereocenters. The van der Waals surface area contributed by atoms with Crippen LogP contribution in [0.15, 0.2) is 0 Å². The second-order valence-electron chi connectivity index (χ2n) is 3.84. The normalized spacial score (nSPS) is 31.1. The molecule has 1 fully saturated rings. The monoisotopic (exact) mass is 202 g/mol. The van der Waals surface area contributed by atoms with E-state index in [0.717, 1.165) is 0 Å². The highest BCUT2D eigenvalue weighted by Gasteiger charge is 2.46. The molecule has 1 aliphatic heterocycles. The van der Waals surface area contributed by atoms with E-state index < -0.39 is 11.6 Å². The lowest BCUT2D eigenvalue weighted by molar-refractivity contribution is -0.171. The first-order valence-corrected chi connectivity index (χ1v) is 5.01. The van der Waals surface area contributed by atoms with Crippen LogP contribution in [0.3, 0.4) is 0 Å². The quantitative estimate of drug-likeness (QED) is 0.685. The van der Waals surface area contributed by atoms with Crippen molar-refractivity contribution in [2.45, 2.75) is 38.9 Å². The van der Waals surface area contributed by atoms with Crippen LogP contribution in [-0.2, 0) is 14.3 Å². The van der Waals surface area contributed by atoms with Crippen LogP contribution in [0.25, 0.3) is 0 Å². The van der Waals surface area contributed by atoms with Crippen LogP contribution >= 0.6 is 0 Å². The summed E-state index contributed by atoms with van der Waals surface area (Å²) in [5.41, 5.74) is -1.42. The Morgan fingerprint density at radius 2 is 2.36 bits per heavy atom. The van der Waals surface area contributed by atoms with Crippen molar-refractivity contribution < 1.29 is 19.4 Å². The number of ether oxygens (including phenoxy) is 2. The Hall–Kier alpha value is -0.610. The molecule has 0 aliphatic carbocycles. The second kappa shape index (κ2) is 4.28. The summed E-state index contributed by atoms with van der Waals surface area (Å²) in [5, 5.41) is 10.0. The van der Waals surface area contributed by atoms with Crippen molar-refractivity contribution in [1.82, 2.24) is 0 Å². The van der Waals surface area contributed by atoms with Crippen LogP contribution in [0, 0.1) is 5.92 Å². The summed E-state index contributed by atoms with van der Waals surface area (Å²) in [6.07, 6.45) is 0.613. The predicted octanol–water partition coefficient (Wildman–Crippen LogP) is 0.726. The van der Waals surface area contributed by atoms with E-state index in [4.69, 9.17) is 9.47 Å². The molecule has 0 aromatic rings. The molecule has 1 aliphatic rings. The summed E-state index contributed by atoms with van der Waals surface area (Å²) >= 11 is 0. The third-order valence-electron chi connectivity index (χ3n) is 2.79. The van der Waals surface area contributed by atoms with Gasteiger partial charge in [0.25, 0.3) is 0 Å². The molecule has 0 bridgehead atoms. The summed E-state index contributed by atoms with van der Waals surface area (Å²) in [7, 11) is 0. The molecule has 0 spiro atoms. The largest absolute Gasteiger partial charge is 0.464 e. The Bertz CT molecular complexity index is 212. The first-order chi connectivity index (χ1) is 6.50. The molecular weight excluding hydrogens is 184 g/mol. The molecule has 0 amide bonds. The fourth-order valence-corrected chi connectivity index (χ4v) is 1.90. The van der Waals surface area contributed by atoms with Gasteiger partial charge < -0.3 is 14.6 Å². The van der Waals surface area contributed by atoms with Gasteiger partial charge in [-0.1, -0.05) is 0 Å². The molecule has 0 aromatic heterocycles. The minimum Gasteiger partial charge on any atom is -0.464 e. The number of carbonyl (C=O) groups excluding carboxylic acids is 1. The Morgan fingerprint density at radius 3 is 2.79 bits per heavy atom. The van der Waals surface area contributed by atoms with Gasteiger partial charge in [0.05, 0.1) is 12.7 Å². The fraction of sp³-hybridized carbons (Fsp3) is 0.900. The highest BCUT2D eigenvalue weighted by Crippen LogP contribution is 2.31.